The number of hydrogen-bond acceptors (Lipinski definition) is 3. The Morgan fingerprint density at radius 1 is 1.65 bits per heavy atom. The smallest absolute Gasteiger partial charge is 0.257 e. The summed E-state index contributed by atoms with van der Waals surface area (Å²) in [6.45, 7) is 3.14. The number of alkyl halides is 1. The zero-order valence-corrected chi connectivity index (χ0v) is 12.0. The Balaban J connectivity index is 2.63. The quantitative estimate of drug-likeness (QED) is 0.758. The first-order valence-electron chi connectivity index (χ1n) is 5.55. The standard InChI is InChI=1S/C12H18BrNO3/c1-4-11-10(5-6-17-11)12(15)14(2)7-9(13)8-16-3/h5-6,9H,4,7-8H2,1-3H3. The molecule has 0 aliphatic heterocycles. The molecule has 0 fully saturated rings. The van der Waals surface area contributed by atoms with Crippen molar-refractivity contribution in [1.29, 1.82) is 0 Å². The van der Waals surface area contributed by atoms with Crippen LogP contribution in [0.4, 0.5) is 0 Å². The van der Waals surface area contributed by atoms with Crippen molar-refractivity contribution in [3.63, 3.8) is 0 Å². The molecule has 0 saturated heterocycles. The maximum Gasteiger partial charge on any atom is 0.257 e. The number of carbonyl (C=O) groups is 1. The van der Waals surface area contributed by atoms with Crippen molar-refractivity contribution in [1.82, 2.24) is 4.90 Å². The molecule has 1 amide bonds. The van der Waals surface area contributed by atoms with E-state index in [0.717, 1.165) is 12.2 Å². The third-order valence-corrected chi connectivity index (χ3v) is 3.02. The van der Waals surface area contributed by atoms with Crippen LogP contribution in [0, 0.1) is 0 Å². The van der Waals surface area contributed by atoms with Crippen LogP contribution in [0.3, 0.4) is 0 Å². The molecule has 1 aromatic rings. The summed E-state index contributed by atoms with van der Waals surface area (Å²) in [6, 6.07) is 1.72. The molecule has 0 aromatic carbocycles. The molecular weight excluding hydrogens is 286 g/mol. The minimum atomic E-state index is -0.0175. The van der Waals surface area contributed by atoms with E-state index in [1.165, 1.54) is 0 Å². The summed E-state index contributed by atoms with van der Waals surface area (Å²) in [5.74, 6) is 0.718. The minimum absolute atomic E-state index is 0.0175. The third-order valence-electron chi connectivity index (χ3n) is 2.46. The van der Waals surface area contributed by atoms with E-state index in [1.807, 2.05) is 6.92 Å². The molecule has 0 aliphatic rings. The largest absolute Gasteiger partial charge is 0.469 e. The molecule has 0 radical (unpaired) electrons. The zero-order chi connectivity index (χ0) is 12.8. The fourth-order valence-electron chi connectivity index (χ4n) is 1.62. The van der Waals surface area contributed by atoms with Crippen LogP contribution in [0.25, 0.3) is 0 Å². The fourth-order valence-corrected chi connectivity index (χ4v) is 2.32. The average Bonchev–Trinajstić information content (AvgIpc) is 2.76. The Kier molecular flexibility index (Phi) is 5.71. The molecular formula is C12H18BrNO3. The topological polar surface area (TPSA) is 42.7 Å². The predicted molar refractivity (Wildman–Crippen MR) is 69.6 cm³/mol. The van der Waals surface area contributed by atoms with Crippen LogP contribution in [-0.4, -0.2) is 42.9 Å². The van der Waals surface area contributed by atoms with Gasteiger partial charge in [-0.05, 0) is 6.07 Å². The van der Waals surface area contributed by atoms with E-state index in [2.05, 4.69) is 15.9 Å². The van der Waals surface area contributed by atoms with Gasteiger partial charge in [-0.25, -0.2) is 0 Å². The zero-order valence-electron chi connectivity index (χ0n) is 10.4. The summed E-state index contributed by atoms with van der Waals surface area (Å²) < 4.78 is 10.3. The van der Waals surface area contributed by atoms with Crippen LogP contribution in [0.1, 0.15) is 23.0 Å². The van der Waals surface area contributed by atoms with Crippen molar-refractivity contribution in [2.45, 2.75) is 18.2 Å². The van der Waals surface area contributed by atoms with Gasteiger partial charge in [0.25, 0.3) is 5.91 Å². The molecule has 1 unspecified atom stereocenters. The Morgan fingerprint density at radius 3 is 2.94 bits per heavy atom. The molecule has 96 valence electrons. The summed E-state index contributed by atoms with van der Waals surface area (Å²) in [5.41, 5.74) is 0.645. The van der Waals surface area contributed by atoms with Gasteiger partial charge in [0.05, 0.1) is 23.3 Å². The second kappa shape index (κ2) is 6.81. The number of carbonyl (C=O) groups excluding carboxylic acids is 1. The number of methoxy groups -OCH3 is 1. The lowest BCUT2D eigenvalue weighted by Gasteiger charge is -2.20. The van der Waals surface area contributed by atoms with Crippen molar-refractivity contribution in [2.24, 2.45) is 0 Å². The third kappa shape index (κ3) is 3.85. The van der Waals surface area contributed by atoms with Gasteiger partial charge in [0.1, 0.15) is 5.76 Å². The molecule has 5 heteroatoms. The van der Waals surface area contributed by atoms with E-state index in [1.54, 1.807) is 31.4 Å². The average molecular weight is 304 g/mol. The highest BCUT2D eigenvalue weighted by Gasteiger charge is 2.19. The Morgan fingerprint density at radius 2 is 2.35 bits per heavy atom. The van der Waals surface area contributed by atoms with E-state index < -0.39 is 0 Å². The molecule has 1 rings (SSSR count). The second-order valence-corrected chi connectivity index (χ2v) is 5.14. The van der Waals surface area contributed by atoms with Crippen molar-refractivity contribution in [3.8, 4) is 0 Å². The summed E-state index contributed by atoms with van der Waals surface area (Å²) in [6.07, 6.45) is 2.28. The molecule has 1 aromatic heterocycles. The van der Waals surface area contributed by atoms with Crippen molar-refractivity contribution >= 4 is 21.8 Å². The van der Waals surface area contributed by atoms with Gasteiger partial charge >= 0.3 is 0 Å². The van der Waals surface area contributed by atoms with Gasteiger partial charge in [0.15, 0.2) is 0 Å². The van der Waals surface area contributed by atoms with Gasteiger partial charge in [-0.15, -0.1) is 0 Å². The maximum absolute atomic E-state index is 12.1. The van der Waals surface area contributed by atoms with E-state index >= 15 is 0 Å². The summed E-state index contributed by atoms with van der Waals surface area (Å²) in [5, 5.41) is 0. The van der Waals surface area contributed by atoms with Crippen LogP contribution in [0.2, 0.25) is 0 Å². The first-order valence-corrected chi connectivity index (χ1v) is 6.46. The Hall–Kier alpha value is -0.810. The van der Waals surface area contributed by atoms with E-state index in [9.17, 15) is 4.79 Å². The number of aryl methyl sites for hydroxylation is 1. The van der Waals surface area contributed by atoms with Crippen molar-refractivity contribution in [3.05, 3.63) is 23.7 Å². The maximum atomic E-state index is 12.1. The molecule has 0 spiro atoms. The SMILES string of the molecule is CCc1occc1C(=O)N(C)CC(Br)COC. The van der Waals surface area contributed by atoms with Crippen LogP contribution in [0.15, 0.2) is 16.7 Å². The number of furan rings is 1. The molecule has 1 heterocycles. The predicted octanol–water partition coefficient (Wildman–Crippen LogP) is 2.32. The number of ether oxygens (including phenoxy) is 1. The van der Waals surface area contributed by atoms with Gasteiger partial charge in [-0.3, -0.25) is 4.79 Å². The molecule has 0 saturated carbocycles. The van der Waals surface area contributed by atoms with Crippen molar-refractivity contribution < 1.29 is 13.9 Å². The lowest BCUT2D eigenvalue weighted by Crippen LogP contribution is -2.33. The Bertz CT molecular complexity index is 364. The van der Waals surface area contributed by atoms with Gasteiger partial charge in [-0.1, -0.05) is 22.9 Å². The summed E-state index contributed by atoms with van der Waals surface area (Å²) in [7, 11) is 3.42. The van der Waals surface area contributed by atoms with Crippen LogP contribution in [-0.2, 0) is 11.2 Å². The van der Waals surface area contributed by atoms with Gasteiger partial charge < -0.3 is 14.1 Å². The lowest BCUT2D eigenvalue weighted by molar-refractivity contribution is 0.0782. The number of amides is 1. The fraction of sp³-hybridized carbons (Fsp3) is 0.583. The lowest BCUT2D eigenvalue weighted by atomic mass is 10.2. The van der Waals surface area contributed by atoms with Gasteiger partial charge in [0.2, 0.25) is 0 Å². The normalized spacial score (nSPS) is 12.5. The summed E-state index contributed by atoms with van der Waals surface area (Å²) >= 11 is 3.46. The number of halogens is 1. The van der Waals surface area contributed by atoms with E-state index in [0.29, 0.717) is 18.7 Å². The molecule has 0 N–H and O–H groups in total. The highest BCUT2D eigenvalue weighted by Crippen LogP contribution is 2.14. The molecule has 17 heavy (non-hydrogen) atoms. The number of nitrogens with zero attached hydrogens (tertiary/aromatic N) is 1. The van der Waals surface area contributed by atoms with Crippen LogP contribution < -0.4 is 0 Å². The van der Waals surface area contributed by atoms with Gasteiger partial charge in [0, 0.05) is 27.1 Å². The number of hydrogen-bond donors (Lipinski definition) is 0. The minimum Gasteiger partial charge on any atom is -0.469 e. The highest BCUT2D eigenvalue weighted by molar-refractivity contribution is 9.09. The first kappa shape index (κ1) is 14.3. The van der Waals surface area contributed by atoms with E-state index in [4.69, 9.17) is 9.15 Å². The Labute approximate surface area is 110 Å². The number of rotatable bonds is 6. The monoisotopic (exact) mass is 303 g/mol. The molecule has 0 bridgehead atoms. The molecule has 0 aliphatic carbocycles. The van der Waals surface area contributed by atoms with Gasteiger partial charge in [-0.2, -0.15) is 0 Å². The second-order valence-electron chi connectivity index (χ2n) is 3.85. The first-order chi connectivity index (χ1) is 8.10. The highest BCUT2D eigenvalue weighted by atomic mass is 79.9. The summed E-state index contributed by atoms with van der Waals surface area (Å²) in [4.78, 5) is 13.9. The van der Waals surface area contributed by atoms with E-state index in [-0.39, 0.29) is 10.7 Å². The molecule has 4 nitrogen and oxygen atoms in total. The van der Waals surface area contributed by atoms with Crippen LogP contribution >= 0.6 is 15.9 Å². The molecule has 1 atom stereocenters. The van der Waals surface area contributed by atoms with Crippen molar-refractivity contribution in [2.75, 3.05) is 27.3 Å². The van der Waals surface area contributed by atoms with Crippen LogP contribution in [0.5, 0.6) is 0 Å².